The second-order valence-corrected chi connectivity index (χ2v) is 10.9. The summed E-state index contributed by atoms with van der Waals surface area (Å²) in [7, 11) is 0. The molecule has 6 nitrogen and oxygen atoms in total. The molecule has 2 aliphatic heterocycles. The van der Waals surface area contributed by atoms with Crippen LogP contribution in [0.15, 0.2) is 71.1 Å². The number of benzene rings is 3. The standard InChI is InChI=1S/C32H30N2O4/c1-19-33-29-17-20(13-14-30(29)38-19)31(35)21-15-22-7-6-8-23(16-21)34(22)32(36)37-18-28-26-11-4-2-9-24(26)25-10-3-5-12-27(25)28/h2-5,9-14,17,21-23,28H,6-8,15-16,18H2,1H3. The van der Waals surface area contributed by atoms with Crippen molar-refractivity contribution in [1.29, 1.82) is 0 Å². The Morgan fingerprint density at radius 1 is 0.947 bits per heavy atom. The van der Waals surface area contributed by atoms with Crippen LogP contribution < -0.4 is 0 Å². The number of rotatable bonds is 4. The van der Waals surface area contributed by atoms with E-state index in [2.05, 4.69) is 41.4 Å². The van der Waals surface area contributed by atoms with Crippen LogP contribution in [0.1, 0.15) is 65.4 Å². The molecule has 3 heterocycles. The average molecular weight is 507 g/mol. The molecule has 6 heteroatoms. The molecule has 2 saturated heterocycles. The number of Topliss-reactive ketones (excluding diaryl/α,β-unsaturated/α-hetero) is 1. The van der Waals surface area contributed by atoms with E-state index in [1.54, 1.807) is 0 Å². The molecule has 4 aromatic rings. The number of ether oxygens (including phenoxy) is 1. The molecule has 3 aliphatic rings. The zero-order valence-corrected chi connectivity index (χ0v) is 21.4. The van der Waals surface area contributed by atoms with Gasteiger partial charge in [-0.05, 0) is 72.6 Å². The van der Waals surface area contributed by atoms with Gasteiger partial charge in [0.2, 0.25) is 0 Å². The molecule has 3 aromatic carbocycles. The highest BCUT2D eigenvalue weighted by Gasteiger charge is 2.44. The van der Waals surface area contributed by atoms with Gasteiger partial charge >= 0.3 is 6.09 Å². The number of carbonyl (C=O) groups excluding carboxylic acids is 2. The lowest BCUT2D eigenvalue weighted by atomic mass is 9.76. The van der Waals surface area contributed by atoms with E-state index in [0.717, 1.165) is 19.3 Å². The van der Waals surface area contributed by atoms with Crippen molar-refractivity contribution in [1.82, 2.24) is 9.88 Å². The molecule has 2 fully saturated rings. The lowest BCUT2D eigenvalue weighted by molar-refractivity contribution is 0.00651. The third-order valence-corrected chi connectivity index (χ3v) is 8.67. The molecule has 1 amide bonds. The van der Waals surface area contributed by atoms with Crippen molar-refractivity contribution in [3.05, 3.63) is 89.3 Å². The van der Waals surface area contributed by atoms with E-state index < -0.39 is 0 Å². The quantitative estimate of drug-likeness (QED) is 0.282. The highest BCUT2D eigenvalue weighted by molar-refractivity contribution is 6.00. The Morgan fingerprint density at radius 3 is 2.29 bits per heavy atom. The van der Waals surface area contributed by atoms with Crippen molar-refractivity contribution in [3.63, 3.8) is 0 Å². The molecular formula is C32H30N2O4. The molecule has 38 heavy (non-hydrogen) atoms. The molecule has 0 saturated carbocycles. The van der Waals surface area contributed by atoms with Gasteiger partial charge in [-0.1, -0.05) is 48.5 Å². The number of carbonyl (C=O) groups is 2. The Morgan fingerprint density at radius 2 is 1.61 bits per heavy atom. The SMILES string of the molecule is Cc1nc2cc(C(=O)C3CC4CCCC(C3)N4C(=O)OCC3c4ccccc4-c4ccccc43)ccc2o1. The van der Waals surface area contributed by atoms with Gasteiger partial charge in [0.1, 0.15) is 12.1 Å². The maximum absolute atomic E-state index is 13.5. The first-order valence-electron chi connectivity index (χ1n) is 13.6. The number of fused-ring (bicyclic) bond motifs is 6. The maximum Gasteiger partial charge on any atom is 0.410 e. The van der Waals surface area contributed by atoms with E-state index >= 15 is 0 Å². The lowest BCUT2D eigenvalue weighted by Crippen LogP contribution is -2.55. The predicted octanol–water partition coefficient (Wildman–Crippen LogP) is 6.90. The van der Waals surface area contributed by atoms with Crippen LogP contribution in [0.4, 0.5) is 4.79 Å². The predicted molar refractivity (Wildman–Crippen MR) is 144 cm³/mol. The number of aryl methyl sites for hydroxylation is 1. The first kappa shape index (κ1) is 23.2. The molecule has 7 rings (SSSR count). The molecule has 2 atom stereocenters. The molecule has 0 N–H and O–H groups in total. The van der Waals surface area contributed by atoms with E-state index in [0.29, 0.717) is 42.0 Å². The van der Waals surface area contributed by atoms with Crippen LogP contribution in [0.25, 0.3) is 22.2 Å². The normalized spacial score (nSPS) is 22.2. The van der Waals surface area contributed by atoms with Gasteiger partial charge in [0.05, 0.1) is 0 Å². The van der Waals surface area contributed by atoms with Gasteiger partial charge in [-0.3, -0.25) is 4.79 Å². The first-order valence-corrected chi connectivity index (χ1v) is 13.6. The number of aromatic nitrogens is 1. The van der Waals surface area contributed by atoms with Crippen LogP contribution in [-0.4, -0.2) is 40.5 Å². The van der Waals surface area contributed by atoms with E-state index in [1.165, 1.54) is 22.3 Å². The van der Waals surface area contributed by atoms with E-state index in [9.17, 15) is 9.59 Å². The molecule has 0 radical (unpaired) electrons. The number of hydrogen-bond donors (Lipinski definition) is 0. The van der Waals surface area contributed by atoms with Gasteiger partial charge in [0, 0.05) is 36.4 Å². The summed E-state index contributed by atoms with van der Waals surface area (Å²) in [5.41, 5.74) is 6.95. The van der Waals surface area contributed by atoms with Crippen LogP contribution in [0.3, 0.4) is 0 Å². The zero-order chi connectivity index (χ0) is 25.8. The van der Waals surface area contributed by atoms with Gasteiger partial charge in [0.15, 0.2) is 17.3 Å². The molecular weight excluding hydrogens is 476 g/mol. The van der Waals surface area contributed by atoms with Crippen LogP contribution in [0.2, 0.25) is 0 Å². The third-order valence-electron chi connectivity index (χ3n) is 8.67. The minimum Gasteiger partial charge on any atom is -0.448 e. The fourth-order valence-corrected chi connectivity index (χ4v) is 6.99. The summed E-state index contributed by atoms with van der Waals surface area (Å²) < 4.78 is 11.6. The maximum atomic E-state index is 13.5. The molecule has 1 aliphatic carbocycles. The topological polar surface area (TPSA) is 72.6 Å². The van der Waals surface area contributed by atoms with E-state index in [4.69, 9.17) is 9.15 Å². The highest BCUT2D eigenvalue weighted by Crippen LogP contribution is 2.45. The third kappa shape index (κ3) is 3.82. The minimum atomic E-state index is -0.244. The van der Waals surface area contributed by atoms with Crippen LogP contribution in [0, 0.1) is 12.8 Å². The van der Waals surface area contributed by atoms with Crippen LogP contribution in [-0.2, 0) is 4.74 Å². The Labute approximate surface area is 221 Å². The van der Waals surface area contributed by atoms with E-state index in [-0.39, 0.29) is 35.8 Å². The number of amides is 1. The monoisotopic (exact) mass is 506 g/mol. The van der Waals surface area contributed by atoms with Gasteiger partial charge in [-0.25, -0.2) is 9.78 Å². The Kier molecular flexibility index (Phi) is 5.57. The number of ketones is 1. The van der Waals surface area contributed by atoms with Crippen molar-refractivity contribution in [2.75, 3.05) is 6.61 Å². The van der Waals surface area contributed by atoms with Crippen molar-refractivity contribution in [2.45, 2.75) is 57.0 Å². The summed E-state index contributed by atoms with van der Waals surface area (Å²) in [6.07, 6.45) is 4.00. The van der Waals surface area contributed by atoms with Gasteiger partial charge in [-0.2, -0.15) is 0 Å². The van der Waals surface area contributed by atoms with Crippen LogP contribution >= 0.6 is 0 Å². The van der Waals surface area contributed by atoms with E-state index in [1.807, 2.05) is 42.2 Å². The highest BCUT2D eigenvalue weighted by atomic mass is 16.6. The number of hydrogen-bond acceptors (Lipinski definition) is 5. The average Bonchev–Trinajstić information content (AvgIpc) is 3.46. The summed E-state index contributed by atoms with van der Waals surface area (Å²) in [4.78, 5) is 33.3. The van der Waals surface area contributed by atoms with Crippen molar-refractivity contribution < 1.29 is 18.7 Å². The van der Waals surface area contributed by atoms with Crippen molar-refractivity contribution in [2.24, 2.45) is 5.92 Å². The number of piperidine rings is 2. The van der Waals surface area contributed by atoms with Crippen molar-refractivity contribution >= 4 is 23.0 Å². The fraction of sp³-hybridized carbons (Fsp3) is 0.344. The summed E-state index contributed by atoms with van der Waals surface area (Å²) >= 11 is 0. The van der Waals surface area contributed by atoms with Gasteiger partial charge in [0.25, 0.3) is 0 Å². The van der Waals surface area contributed by atoms with Gasteiger partial charge < -0.3 is 14.1 Å². The van der Waals surface area contributed by atoms with Crippen molar-refractivity contribution in [3.8, 4) is 11.1 Å². The second kappa shape index (κ2) is 9.12. The largest absolute Gasteiger partial charge is 0.448 e. The summed E-state index contributed by atoms with van der Waals surface area (Å²) in [6, 6.07) is 22.3. The molecule has 192 valence electrons. The summed E-state index contributed by atoms with van der Waals surface area (Å²) in [5, 5.41) is 0. The Bertz CT molecular complexity index is 1500. The Balaban J connectivity index is 1.06. The second-order valence-electron chi connectivity index (χ2n) is 10.9. The smallest absolute Gasteiger partial charge is 0.410 e. The lowest BCUT2D eigenvalue weighted by Gasteiger charge is -2.47. The molecule has 1 aromatic heterocycles. The molecule has 2 unspecified atom stereocenters. The summed E-state index contributed by atoms with van der Waals surface area (Å²) in [5.74, 6) is 0.668. The summed E-state index contributed by atoms with van der Waals surface area (Å²) in [6.45, 7) is 2.13. The fourth-order valence-electron chi connectivity index (χ4n) is 6.99. The zero-order valence-electron chi connectivity index (χ0n) is 21.4. The molecule has 0 spiro atoms. The van der Waals surface area contributed by atoms with Gasteiger partial charge in [-0.15, -0.1) is 0 Å². The minimum absolute atomic E-state index is 0.0325. The number of oxazole rings is 1. The molecule has 2 bridgehead atoms. The van der Waals surface area contributed by atoms with Crippen LogP contribution in [0.5, 0.6) is 0 Å². The first-order chi connectivity index (χ1) is 18.6. The number of nitrogens with zero attached hydrogens (tertiary/aromatic N) is 2. The Hall–Kier alpha value is -3.93.